The largest absolute Gasteiger partial charge is 0.508 e. The average molecular weight is 365 g/mol. The smallest absolute Gasteiger partial charge is 0.119 e. The van der Waals surface area contributed by atoms with Gasteiger partial charge in [0.25, 0.3) is 0 Å². The monoisotopic (exact) mass is 364 g/mol. The molecule has 0 spiro atoms. The maximum atomic E-state index is 9.73. The summed E-state index contributed by atoms with van der Waals surface area (Å²) in [7, 11) is 0. The topological polar surface area (TPSA) is 29.5 Å². The molecule has 2 rings (SSSR count). The van der Waals surface area contributed by atoms with Crippen molar-refractivity contribution in [2.75, 3.05) is 11.9 Å². The first-order valence-corrected chi connectivity index (χ1v) is 9.25. The van der Waals surface area contributed by atoms with Gasteiger partial charge in [-0.15, -0.1) is 0 Å². The third kappa shape index (κ3) is 4.91. The minimum Gasteiger partial charge on any atom is -0.508 e. The van der Waals surface area contributed by atoms with Gasteiger partial charge in [-0.25, -0.2) is 0 Å². The van der Waals surface area contributed by atoms with Gasteiger partial charge < -0.3 is 9.84 Å². The van der Waals surface area contributed by atoms with Crippen LogP contribution >= 0.6 is 15.9 Å². The van der Waals surface area contributed by atoms with Crippen molar-refractivity contribution >= 4 is 26.7 Å². The van der Waals surface area contributed by atoms with Crippen LogP contribution in [-0.4, -0.2) is 17.0 Å². The fraction of sp³-hybridized carbons (Fsp3) is 0.474. The number of fused-ring (bicyclic) bond motifs is 1. The standard InChI is InChI=1S/C19H25BrO2/c1-15-18-10-9-17(14-16(18)8-11-19(15)21)22-13-7-5-3-2-4-6-12-20/h8-11,14,21H,2-7,12-13H2,1H3. The van der Waals surface area contributed by atoms with E-state index in [1.54, 1.807) is 6.07 Å². The van der Waals surface area contributed by atoms with Gasteiger partial charge in [0.2, 0.25) is 0 Å². The van der Waals surface area contributed by atoms with E-state index in [-0.39, 0.29) is 0 Å². The summed E-state index contributed by atoms with van der Waals surface area (Å²) in [6.45, 7) is 2.72. The predicted octanol–water partition coefficient (Wildman–Crippen LogP) is 5.97. The maximum Gasteiger partial charge on any atom is 0.119 e. The second-order valence-corrected chi connectivity index (χ2v) is 6.54. The van der Waals surface area contributed by atoms with Crippen LogP contribution in [0.3, 0.4) is 0 Å². The molecule has 0 saturated carbocycles. The van der Waals surface area contributed by atoms with Crippen molar-refractivity contribution in [1.82, 2.24) is 0 Å². The zero-order valence-electron chi connectivity index (χ0n) is 13.3. The molecule has 0 aliphatic heterocycles. The van der Waals surface area contributed by atoms with Crippen molar-refractivity contribution in [3.63, 3.8) is 0 Å². The molecule has 0 aliphatic rings. The number of ether oxygens (including phenoxy) is 1. The number of aromatic hydroxyl groups is 1. The SMILES string of the molecule is Cc1c(O)ccc2cc(OCCCCCCCCBr)ccc12. The Morgan fingerprint density at radius 2 is 1.68 bits per heavy atom. The van der Waals surface area contributed by atoms with Crippen molar-refractivity contribution in [1.29, 1.82) is 0 Å². The van der Waals surface area contributed by atoms with Gasteiger partial charge in [0, 0.05) is 5.33 Å². The van der Waals surface area contributed by atoms with E-state index < -0.39 is 0 Å². The molecule has 0 fully saturated rings. The number of halogens is 1. The Bertz CT molecular complexity index is 595. The zero-order chi connectivity index (χ0) is 15.8. The highest BCUT2D eigenvalue weighted by molar-refractivity contribution is 9.09. The number of unbranched alkanes of at least 4 members (excludes halogenated alkanes) is 5. The van der Waals surface area contributed by atoms with Crippen LogP contribution in [0.25, 0.3) is 10.8 Å². The molecular formula is C19H25BrO2. The lowest BCUT2D eigenvalue weighted by Crippen LogP contribution is -1.97. The quantitative estimate of drug-likeness (QED) is 0.438. The van der Waals surface area contributed by atoms with E-state index in [2.05, 4.69) is 22.0 Å². The molecule has 0 radical (unpaired) electrons. The van der Waals surface area contributed by atoms with Gasteiger partial charge in [-0.1, -0.05) is 53.7 Å². The first-order chi connectivity index (χ1) is 10.7. The molecule has 2 aromatic carbocycles. The lowest BCUT2D eigenvalue weighted by atomic mass is 10.0. The average Bonchev–Trinajstić information content (AvgIpc) is 2.53. The van der Waals surface area contributed by atoms with E-state index in [0.29, 0.717) is 5.75 Å². The van der Waals surface area contributed by atoms with E-state index >= 15 is 0 Å². The highest BCUT2D eigenvalue weighted by Crippen LogP contribution is 2.29. The fourth-order valence-corrected chi connectivity index (χ4v) is 3.03. The van der Waals surface area contributed by atoms with E-state index in [1.165, 1.54) is 32.1 Å². The molecule has 0 aliphatic carbocycles. The van der Waals surface area contributed by atoms with Crippen LogP contribution in [0.15, 0.2) is 30.3 Å². The van der Waals surface area contributed by atoms with Gasteiger partial charge in [0.1, 0.15) is 11.5 Å². The summed E-state index contributed by atoms with van der Waals surface area (Å²) in [5.74, 6) is 1.26. The van der Waals surface area contributed by atoms with Gasteiger partial charge in [-0.05, 0) is 54.3 Å². The Kier molecular flexibility index (Phi) is 7.04. The van der Waals surface area contributed by atoms with E-state index in [1.807, 2.05) is 25.1 Å². The Morgan fingerprint density at radius 3 is 2.45 bits per heavy atom. The maximum absolute atomic E-state index is 9.73. The Labute approximate surface area is 141 Å². The zero-order valence-corrected chi connectivity index (χ0v) is 14.9. The van der Waals surface area contributed by atoms with Crippen molar-refractivity contribution in [2.45, 2.75) is 45.4 Å². The molecule has 0 bridgehead atoms. The summed E-state index contributed by atoms with van der Waals surface area (Å²) in [4.78, 5) is 0. The number of aryl methyl sites for hydroxylation is 1. The Morgan fingerprint density at radius 1 is 0.955 bits per heavy atom. The van der Waals surface area contributed by atoms with Crippen LogP contribution in [0.5, 0.6) is 11.5 Å². The fourth-order valence-electron chi connectivity index (χ4n) is 2.64. The first kappa shape index (κ1) is 17.1. The summed E-state index contributed by atoms with van der Waals surface area (Å²) in [6.07, 6.45) is 7.58. The summed E-state index contributed by atoms with van der Waals surface area (Å²) in [5.41, 5.74) is 0.924. The van der Waals surface area contributed by atoms with Crippen LogP contribution in [-0.2, 0) is 0 Å². The minimum absolute atomic E-state index is 0.348. The van der Waals surface area contributed by atoms with Crippen molar-refractivity contribution < 1.29 is 9.84 Å². The van der Waals surface area contributed by atoms with Crippen LogP contribution in [0, 0.1) is 6.92 Å². The third-order valence-corrected chi connectivity index (χ3v) is 4.59. The molecule has 0 saturated heterocycles. The molecule has 0 amide bonds. The molecular weight excluding hydrogens is 340 g/mol. The molecule has 22 heavy (non-hydrogen) atoms. The molecule has 0 unspecified atom stereocenters. The van der Waals surface area contributed by atoms with Crippen molar-refractivity contribution in [3.05, 3.63) is 35.9 Å². The van der Waals surface area contributed by atoms with Crippen LogP contribution in [0.2, 0.25) is 0 Å². The van der Waals surface area contributed by atoms with E-state index in [4.69, 9.17) is 4.74 Å². The van der Waals surface area contributed by atoms with Crippen molar-refractivity contribution in [3.8, 4) is 11.5 Å². The molecule has 2 aromatic rings. The number of hydrogen-bond donors (Lipinski definition) is 1. The molecule has 0 atom stereocenters. The van der Waals surface area contributed by atoms with E-state index in [0.717, 1.165) is 40.4 Å². The lowest BCUT2D eigenvalue weighted by molar-refractivity contribution is 0.305. The van der Waals surface area contributed by atoms with Gasteiger partial charge in [0.15, 0.2) is 0 Å². The van der Waals surface area contributed by atoms with Gasteiger partial charge in [0.05, 0.1) is 6.61 Å². The molecule has 3 heteroatoms. The molecule has 0 heterocycles. The highest BCUT2D eigenvalue weighted by atomic mass is 79.9. The number of phenols is 1. The molecule has 2 nitrogen and oxygen atoms in total. The second-order valence-electron chi connectivity index (χ2n) is 5.75. The number of benzene rings is 2. The normalized spacial score (nSPS) is 11.0. The van der Waals surface area contributed by atoms with Gasteiger partial charge in [-0.2, -0.15) is 0 Å². The van der Waals surface area contributed by atoms with Gasteiger partial charge >= 0.3 is 0 Å². The van der Waals surface area contributed by atoms with Crippen molar-refractivity contribution in [2.24, 2.45) is 0 Å². The predicted molar refractivity (Wildman–Crippen MR) is 97.3 cm³/mol. The number of alkyl halides is 1. The molecule has 120 valence electrons. The first-order valence-electron chi connectivity index (χ1n) is 8.13. The summed E-state index contributed by atoms with van der Waals surface area (Å²) in [5, 5.41) is 13.0. The number of phenolic OH excluding ortho intramolecular Hbond substituents is 1. The minimum atomic E-state index is 0.348. The number of rotatable bonds is 9. The van der Waals surface area contributed by atoms with Crippen LogP contribution in [0.4, 0.5) is 0 Å². The van der Waals surface area contributed by atoms with Gasteiger partial charge in [-0.3, -0.25) is 0 Å². The summed E-state index contributed by atoms with van der Waals surface area (Å²) in [6, 6.07) is 9.76. The Balaban J connectivity index is 1.77. The second kappa shape index (κ2) is 9.04. The molecule has 0 aromatic heterocycles. The third-order valence-electron chi connectivity index (χ3n) is 4.03. The van der Waals surface area contributed by atoms with Crippen LogP contribution < -0.4 is 4.74 Å². The highest BCUT2D eigenvalue weighted by Gasteiger charge is 2.03. The Hall–Kier alpha value is -1.22. The summed E-state index contributed by atoms with van der Waals surface area (Å²) >= 11 is 3.46. The lowest BCUT2D eigenvalue weighted by Gasteiger charge is -2.09. The number of hydrogen-bond acceptors (Lipinski definition) is 2. The summed E-state index contributed by atoms with van der Waals surface area (Å²) < 4.78 is 5.84. The van der Waals surface area contributed by atoms with Crippen LogP contribution in [0.1, 0.15) is 44.1 Å². The van der Waals surface area contributed by atoms with E-state index in [9.17, 15) is 5.11 Å². The molecule has 1 N–H and O–H groups in total.